The monoisotopic (exact) mass is 423 g/mol. The van der Waals surface area contributed by atoms with Crippen LogP contribution in [0, 0.1) is 0 Å². The van der Waals surface area contributed by atoms with Crippen molar-refractivity contribution >= 4 is 17.6 Å². The smallest absolute Gasteiger partial charge is 0.238 e. The Bertz CT molecular complexity index is 872. The third-order valence-electron chi connectivity index (χ3n) is 5.20. The Labute approximate surface area is 187 Å². The molecular formula is C25H37N5O. The highest BCUT2D eigenvalue weighted by molar-refractivity contribution is 5.92. The molecule has 6 nitrogen and oxygen atoms in total. The first-order valence-electron chi connectivity index (χ1n) is 10.8. The molecule has 0 aliphatic carbocycles. The Morgan fingerprint density at radius 3 is 2.35 bits per heavy atom. The highest BCUT2D eigenvalue weighted by Crippen LogP contribution is 2.22. The number of nitrogens with zero attached hydrogens (tertiary/aromatic N) is 2. The number of carbonyl (C=O) groups excluding carboxylic acids is 1. The van der Waals surface area contributed by atoms with E-state index in [4.69, 9.17) is 0 Å². The summed E-state index contributed by atoms with van der Waals surface area (Å²) in [5, 5.41) is 9.73. The number of rotatable bonds is 9. The van der Waals surface area contributed by atoms with Crippen LogP contribution >= 0.6 is 0 Å². The van der Waals surface area contributed by atoms with Gasteiger partial charge in [-0.1, -0.05) is 57.2 Å². The van der Waals surface area contributed by atoms with E-state index in [0.29, 0.717) is 13.1 Å². The SMILES string of the molecule is CCc1ccc(C(C)(C)CNC(=NC)NCc2cccc(NC(=O)CN(C)C)c2)cc1. The van der Waals surface area contributed by atoms with Crippen molar-refractivity contribution in [3.63, 3.8) is 0 Å². The minimum Gasteiger partial charge on any atom is -0.356 e. The van der Waals surface area contributed by atoms with E-state index in [9.17, 15) is 4.79 Å². The summed E-state index contributed by atoms with van der Waals surface area (Å²) in [5.41, 5.74) is 4.49. The molecule has 0 saturated heterocycles. The van der Waals surface area contributed by atoms with Crippen LogP contribution in [0.25, 0.3) is 0 Å². The molecule has 0 aliphatic rings. The molecule has 0 spiro atoms. The largest absolute Gasteiger partial charge is 0.356 e. The zero-order chi connectivity index (χ0) is 22.9. The van der Waals surface area contributed by atoms with E-state index in [1.807, 2.05) is 43.3 Å². The molecule has 0 atom stereocenters. The minimum absolute atomic E-state index is 0.0261. The van der Waals surface area contributed by atoms with Gasteiger partial charge in [0, 0.05) is 31.2 Å². The molecule has 1 amide bonds. The summed E-state index contributed by atoms with van der Waals surface area (Å²) >= 11 is 0. The lowest BCUT2D eigenvalue weighted by atomic mass is 9.84. The van der Waals surface area contributed by atoms with E-state index in [1.54, 1.807) is 7.05 Å². The van der Waals surface area contributed by atoms with Gasteiger partial charge < -0.3 is 20.9 Å². The Kier molecular flexibility index (Phi) is 9.06. The Hall–Kier alpha value is -2.86. The summed E-state index contributed by atoms with van der Waals surface area (Å²) in [6, 6.07) is 16.7. The van der Waals surface area contributed by atoms with E-state index < -0.39 is 0 Å². The summed E-state index contributed by atoms with van der Waals surface area (Å²) in [5.74, 6) is 0.724. The zero-order valence-corrected chi connectivity index (χ0v) is 19.7. The van der Waals surface area contributed by atoms with Crippen molar-refractivity contribution in [2.75, 3.05) is 39.5 Å². The predicted molar refractivity (Wildman–Crippen MR) is 131 cm³/mol. The number of nitrogens with one attached hydrogen (secondary N) is 3. The Balaban J connectivity index is 1.90. The second-order valence-electron chi connectivity index (χ2n) is 8.70. The average molecular weight is 424 g/mol. The summed E-state index contributed by atoms with van der Waals surface area (Å²) in [6.45, 7) is 8.37. The van der Waals surface area contributed by atoms with Gasteiger partial charge in [-0.05, 0) is 49.3 Å². The van der Waals surface area contributed by atoms with Crippen molar-refractivity contribution in [3.05, 3.63) is 65.2 Å². The molecule has 0 fully saturated rings. The van der Waals surface area contributed by atoms with E-state index >= 15 is 0 Å². The lowest BCUT2D eigenvalue weighted by molar-refractivity contribution is -0.116. The lowest BCUT2D eigenvalue weighted by Gasteiger charge is -2.27. The van der Waals surface area contributed by atoms with Crippen LogP contribution in [-0.2, 0) is 23.2 Å². The normalized spacial score (nSPS) is 12.0. The number of guanidine groups is 1. The number of likely N-dealkylation sites (N-methyl/N-ethyl adjacent to an activating group) is 1. The molecule has 0 aromatic heterocycles. The lowest BCUT2D eigenvalue weighted by Crippen LogP contribution is -2.43. The first-order chi connectivity index (χ1) is 14.7. The highest BCUT2D eigenvalue weighted by atomic mass is 16.2. The molecule has 2 aromatic rings. The van der Waals surface area contributed by atoms with E-state index in [-0.39, 0.29) is 11.3 Å². The maximum Gasteiger partial charge on any atom is 0.238 e. The van der Waals surface area contributed by atoms with Crippen LogP contribution in [0.15, 0.2) is 53.5 Å². The number of aryl methyl sites for hydroxylation is 1. The molecule has 31 heavy (non-hydrogen) atoms. The molecule has 0 heterocycles. The molecule has 0 aliphatic heterocycles. The molecule has 0 unspecified atom stereocenters. The van der Waals surface area contributed by atoms with Crippen molar-refractivity contribution in [2.24, 2.45) is 4.99 Å². The van der Waals surface area contributed by atoms with Crippen LogP contribution in [-0.4, -0.2) is 51.0 Å². The average Bonchev–Trinajstić information content (AvgIpc) is 2.73. The summed E-state index contributed by atoms with van der Waals surface area (Å²) in [6.07, 6.45) is 1.05. The van der Waals surface area contributed by atoms with Gasteiger partial charge in [0.1, 0.15) is 0 Å². The van der Waals surface area contributed by atoms with Crippen molar-refractivity contribution < 1.29 is 4.79 Å². The molecule has 6 heteroatoms. The topological polar surface area (TPSA) is 68.8 Å². The van der Waals surface area contributed by atoms with Crippen LogP contribution in [0.2, 0.25) is 0 Å². The second-order valence-corrected chi connectivity index (χ2v) is 8.70. The fraction of sp³-hybridized carbons (Fsp3) is 0.440. The number of hydrogen-bond donors (Lipinski definition) is 3. The number of hydrogen-bond acceptors (Lipinski definition) is 3. The highest BCUT2D eigenvalue weighted by Gasteiger charge is 2.20. The number of anilines is 1. The molecule has 0 saturated carbocycles. The van der Waals surface area contributed by atoms with Crippen molar-refractivity contribution in [1.29, 1.82) is 0 Å². The van der Waals surface area contributed by atoms with Gasteiger partial charge in [0.05, 0.1) is 6.54 Å². The third-order valence-corrected chi connectivity index (χ3v) is 5.20. The minimum atomic E-state index is -0.0273. The van der Waals surface area contributed by atoms with E-state index in [1.165, 1.54) is 11.1 Å². The van der Waals surface area contributed by atoms with Crippen molar-refractivity contribution in [1.82, 2.24) is 15.5 Å². The zero-order valence-electron chi connectivity index (χ0n) is 19.7. The molecule has 0 bridgehead atoms. The van der Waals surface area contributed by atoms with Gasteiger partial charge in [-0.2, -0.15) is 0 Å². The van der Waals surface area contributed by atoms with Crippen molar-refractivity contribution in [3.8, 4) is 0 Å². The van der Waals surface area contributed by atoms with Gasteiger partial charge in [-0.15, -0.1) is 0 Å². The molecule has 0 radical (unpaired) electrons. The quantitative estimate of drug-likeness (QED) is 0.427. The van der Waals surface area contributed by atoms with Crippen LogP contribution in [0.1, 0.15) is 37.5 Å². The Morgan fingerprint density at radius 1 is 1.03 bits per heavy atom. The maximum absolute atomic E-state index is 12.0. The number of amides is 1. The number of carbonyl (C=O) groups is 1. The first-order valence-corrected chi connectivity index (χ1v) is 10.8. The summed E-state index contributed by atoms with van der Waals surface area (Å²) in [4.78, 5) is 18.2. The van der Waals surface area contributed by atoms with Gasteiger partial charge >= 0.3 is 0 Å². The van der Waals surface area contributed by atoms with Crippen LogP contribution in [0.3, 0.4) is 0 Å². The van der Waals surface area contributed by atoms with Gasteiger partial charge in [0.2, 0.25) is 5.91 Å². The number of aliphatic imine (C=N–C) groups is 1. The molecule has 168 valence electrons. The van der Waals surface area contributed by atoms with Crippen LogP contribution in [0.5, 0.6) is 0 Å². The fourth-order valence-electron chi connectivity index (χ4n) is 3.25. The van der Waals surface area contributed by atoms with E-state index in [2.05, 4.69) is 66.0 Å². The van der Waals surface area contributed by atoms with Gasteiger partial charge in [0.15, 0.2) is 5.96 Å². The van der Waals surface area contributed by atoms with Crippen LogP contribution < -0.4 is 16.0 Å². The van der Waals surface area contributed by atoms with Crippen LogP contribution in [0.4, 0.5) is 5.69 Å². The number of benzene rings is 2. The van der Waals surface area contributed by atoms with Gasteiger partial charge in [0.25, 0.3) is 0 Å². The molecule has 2 rings (SSSR count). The van der Waals surface area contributed by atoms with Gasteiger partial charge in [-0.3, -0.25) is 9.79 Å². The molecular weight excluding hydrogens is 386 g/mol. The molecule has 2 aromatic carbocycles. The molecule has 3 N–H and O–H groups in total. The predicted octanol–water partition coefficient (Wildman–Crippen LogP) is 3.39. The van der Waals surface area contributed by atoms with E-state index in [0.717, 1.165) is 30.2 Å². The van der Waals surface area contributed by atoms with Gasteiger partial charge in [-0.25, -0.2) is 0 Å². The second kappa shape index (κ2) is 11.5. The standard InChI is InChI=1S/C25H37N5O/c1-7-19-11-13-21(14-12-19)25(2,3)18-28-24(26-4)27-16-20-9-8-10-22(15-20)29-23(31)17-30(5)6/h8-15H,7,16-18H2,1-6H3,(H,29,31)(H2,26,27,28). The third kappa shape index (κ3) is 8.06. The maximum atomic E-state index is 12.0. The Morgan fingerprint density at radius 2 is 1.74 bits per heavy atom. The fourth-order valence-corrected chi connectivity index (χ4v) is 3.25. The van der Waals surface area contributed by atoms with Crippen molar-refractivity contribution in [2.45, 2.75) is 39.2 Å². The summed E-state index contributed by atoms with van der Waals surface area (Å²) < 4.78 is 0. The summed E-state index contributed by atoms with van der Waals surface area (Å²) in [7, 11) is 5.52. The first kappa shape index (κ1) is 24.4.